The van der Waals surface area contributed by atoms with Crippen LogP contribution in [0.3, 0.4) is 0 Å². The molecule has 0 amide bonds. The molecular weight excluding hydrogens is 244 g/mol. The van der Waals surface area contributed by atoms with E-state index >= 15 is 0 Å². The number of carboxylic acids is 2. The summed E-state index contributed by atoms with van der Waals surface area (Å²) in [5, 5.41) is 17.9. The van der Waals surface area contributed by atoms with Crippen LogP contribution in [0, 0.1) is 11.3 Å². The summed E-state index contributed by atoms with van der Waals surface area (Å²) in [5.41, 5.74) is 1.19. The Morgan fingerprint density at radius 3 is 2.26 bits per heavy atom. The summed E-state index contributed by atoms with van der Waals surface area (Å²) < 4.78 is 0. The van der Waals surface area contributed by atoms with Crippen molar-refractivity contribution in [3.05, 3.63) is 35.9 Å². The fourth-order valence-corrected chi connectivity index (χ4v) is 2.64. The highest BCUT2D eigenvalue weighted by molar-refractivity contribution is 5.77. The molecule has 2 N–H and O–H groups in total. The first-order valence-corrected chi connectivity index (χ1v) is 6.49. The Hall–Kier alpha value is -1.84. The summed E-state index contributed by atoms with van der Waals surface area (Å²) in [5.74, 6) is -2.81. The molecule has 0 spiro atoms. The van der Waals surface area contributed by atoms with Gasteiger partial charge in [0, 0.05) is 0 Å². The smallest absolute Gasteiger partial charge is 0.307 e. The van der Waals surface area contributed by atoms with Crippen LogP contribution in [0.15, 0.2) is 30.3 Å². The van der Waals surface area contributed by atoms with Crippen LogP contribution < -0.4 is 0 Å². The van der Waals surface area contributed by atoms with Crippen LogP contribution >= 0.6 is 0 Å². The highest BCUT2D eigenvalue weighted by atomic mass is 16.4. The van der Waals surface area contributed by atoms with Crippen LogP contribution in [-0.4, -0.2) is 22.2 Å². The minimum atomic E-state index is -1.04. The first-order chi connectivity index (χ1) is 9.01. The first-order valence-electron chi connectivity index (χ1n) is 6.49. The zero-order valence-corrected chi connectivity index (χ0v) is 10.7. The van der Waals surface area contributed by atoms with Gasteiger partial charge in [0.25, 0.3) is 0 Å². The molecule has 1 aliphatic rings. The van der Waals surface area contributed by atoms with Crippen molar-refractivity contribution in [3.8, 4) is 0 Å². The molecule has 0 bridgehead atoms. The number of aliphatic carboxylic acids is 2. The van der Waals surface area contributed by atoms with Gasteiger partial charge in [0.15, 0.2) is 0 Å². The van der Waals surface area contributed by atoms with Gasteiger partial charge in [-0.15, -0.1) is 0 Å². The van der Waals surface area contributed by atoms with Crippen LogP contribution in [0.5, 0.6) is 0 Å². The quantitative estimate of drug-likeness (QED) is 0.792. The Labute approximate surface area is 112 Å². The molecule has 1 fully saturated rings. The van der Waals surface area contributed by atoms with Crippen molar-refractivity contribution in [3.63, 3.8) is 0 Å². The van der Waals surface area contributed by atoms with Gasteiger partial charge in [-0.25, -0.2) is 0 Å². The lowest BCUT2D eigenvalue weighted by Crippen LogP contribution is -2.22. The van der Waals surface area contributed by atoms with E-state index in [1.807, 2.05) is 30.3 Å². The number of rotatable bonds is 7. The summed E-state index contributed by atoms with van der Waals surface area (Å²) >= 11 is 0. The van der Waals surface area contributed by atoms with Crippen molar-refractivity contribution in [1.82, 2.24) is 0 Å². The van der Waals surface area contributed by atoms with Crippen LogP contribution in [-0.2, 0) is 16.0 Å². The summed E-state index contributed by atoms with van der Waals surface area (Å²) in [6.07, 6.45) is 3.00. The van der Waals surface area contributed by atoms with E-state index in [9.17, 15) is 9.59 Å². The Kier molecular flexibility index (Phi) is 3.88. The van der Waals surface area contributed by atoms with E-state index in [0.29, 0.717) is 6.42 Å². The molecule has 0 saturated heterocycles. The summed E-state index contributed by atoms with van der Waals surface area (Å²) in [6, 6.07) is 9.96. The maximum atomic E-state index is 11.1. The van der Waals surface area contributed by atoms with Gasteiger partial charge >= 0.3 is 11.9 Å². The Morgan fingerprint density at radius 2 is 1.79 bits per heavy atom. The maximum Gasteiger partial charge on any atom is 0.307 e. The molecule has 0 aliphatic heterocycles. The molecule has 1 atom stereocenters. The average molecular weight is 262 g/mol. The molecule has 19 heavy (non-hydrogen) atoms. The molecule has 1 saturated carbocycles. The van der Waals surface area contributed by atoms with E-state index in [1.54, 1.807) is 0 Å². The molecule has 1 aromatic rings. The van der Waals surface area contributed by atoms with Gasteiger partial charge in [-0.05, 0) is 36.7 Å². The Morgan fingerprint density at radius 1 is 1.16 bits per heavy atom. The summed E-state index contributed by atoms with van der Waals surface area (Å²) in [6.45, 7) is 0. The maximum absolute atomic E-state index is 11.1. The second-order valence-electron chi connectivity index (χ2n) is 5.50. The van der Waals surface area contributed by atoms with E-state index in [4.69, 9.17) is 10.2 Å². The van der Waals surface area contributed by atoms with Crippen molar-refractivity contribution in [2.45, 2.75) is 32.1 Å². The van der Waals surface area contributed by atoms with E-state index in [-0.39, 0.29) is 11.8 Å². The molecule has 0 heterocycles. The monoisotopic (exact) mass is 262 g/mol. The zero-order valence-electron chi connectivity index (χ0n) is 10.7. The number of carboxylic acid groups (broad SMARTS) is 2. The molecule has 4 heteroatoms. The highest BCUT2D eigenvalue weighted by Gasteiger charge is 2.45. The lowest BCUT2D eigenvalue weighted by atomic mass is 9.85. The third-order valence-corrected chi connectivity index (χ3v) is 3.83. The van der Waals surface area contributed by atoms with E-state index in [0.717, 1.165) is 19.3 Å². The van der Waals surface area contributed by atoms with Gasteiger partial charge in [-0.3, -0.25) is 9.59 Å². The first kappa shape index (κ1) is 13.6. The number of hydrogen-bond acceptors (Lipinski definition) is 2. The van der Waals surface area contributed by atoms with Crippen LogP contribution in [0.4, 0.5) is 0 Å². The largest absolute Gasteiger partial charge is 0.481 e. The topological polar surface area (TPSA) is 74.6 Å². The lowest BCUT2D eigenvalue weighted by molar-refractivity contribution is -0.149. The molecule has 0 unspecified atom stereocenters. The van der Waals surface area contributed by atoms with Gasteiger partial charge in [0.05, 0.1) is 12.3 Å². The summed E-state index contributed by atoms with van der Waals surface area (Å²) in [4.78, 5) is 21.8. The molecule has 1 aromatic carbocycles. The predicted octanol–water partition coefficient (Wildman–Crippen LogP) is 2.57. The number of hydrogen-bond donors (Lipinski definition) is 2. The van der Waals surface area contributed by atoms with Crippen LogP contribution in [0.1, 0.15) is 31.2 Å². The predicted molar refractivity (Wildman–Crippen MR) is 69.8 cm³/mol. The minimum Gasteiger partial charge on any atom is -0.481 e. The third kappa shape index (κ3) is 3.81. The molecule has 0 aromatic heterocycles. The summed E-state index contributed by atoms with van der Waals surface area (Å²) in [7, 11) is 0. The molecule has 1 aliphatic carbocycles. The van der Waals surface area contributed by atoms with E-state index in [2.05, 4.69) is 0 Å². The molecule has 4 nitrogen and oxygen atoms in total. The lowest BCUT2D eigenvalue weighted by Gasteiger charge is -2.19. The fourth-order valence-electron chi connectivity index (χ4n) is 2.64. The van der Waals surface area contributed by atoms with E-state index in [1.165, 1.54) is 5.56 Å². The molecular formula is C15H18O4. The molecule has 2 rings (SSSR count). The van der Waals surface area contributed by atoms with Crippen LogP contribution in [0.25, 0.3) is 0 Å². The molecule has 102 valence electrons. The second kappa shape index (κ2) is 5.43. The number of benzene rings is 1. The molecule has 0 radical (unpaired) electrons. The van der Waals surface area contributed by atoms with Crippen molar-refractivity contribution >= 4 is 11.9 Å². The average Bonchev–Trinajstić information content (AvgIpc) is 3.08. The van der Waals surface area contributed by atoms with Gasteiger partial charge in [-0.2, -0.15) is 0 Å². The minimum absolute atomic E-state index is 0.000139. The van der Waals surface area contributed by atoms with Gasteiger partial charge in [-0.1, -0.05) is 30.3 Å². The SMILES string of the molecule is O=C(O)C[C@@H](CC1(Cc2ccccc2)CC1)C(=O)O. The second-order valence-corrected chi connectivity index (χ2v) is 5.50. The standard InChI is InChI=1S/C15H18O4/c16-13(17)8-12(14(18)19)10-15(6-7-15)9-11-4-2-1-3-5-11/h1-5,12H,6-10H2,(H,16,17)(H,18,19)/t12-/m0/s1. The normalized spacial score (nSPS) is 17.7. The van der Waals surface area contributed by atoms with Crippen molar-refractivity contribution in [2.75, 3.05) is 0 Å². The number of carbonyl (C=O) groups is 2. The van der Waals surface area contributed by atoms with E-state index < -0.39 is 17.9 Å². The Balaban J connectivity index is 2.00. The highest BCUT2D eigenvalue weighted by Crippen LogP contribution is 2.53. The Bertz CT molecular complexity index is 462. The zero-order chi connectivity index (χ0) is 13.9. The van der Waals surface area contributed by atoms with Gasteiger partial charge in [0.2, 0.25) is 0 Å². The third-order valence-electron chi connectivity index (χ3n) is 3.83. The van der Waals surface area contributed by atoms with Crippen molar-refractivity contribution in [2.24, 2.45) is 11.3 Å². The van der Waals surface area contributed by atoms with Crippen molar-refractivity contribution in [1.29, 1.82) is 0 Å². The van der Waals surface area contributed by atoms with Gasteiger partial charge in [0.1, 0.15) is 0 Å². The van der Waals surface area contributed by atoms with Gasteiger partial charge < -0.3 is 10.2 Å². The van der Waals surface area contributed by atoms with Crippen molar-refractivity contribution < 1.29 is 19.8 Å². The fraction of sp³-hybridized carbons (Fsp3) is 0.467. The van der Waals surface area contributed by atoms with Crippen LogP contribution in [0.2, 0.25) is 0 Å².